The first-order chi connectivity index (χ1) is 10.0. The van der Waals surface area contributed by atoms with E-state index < -0.39 is 0 Å². The van der Waals surface area contributed by atoms with E-state index >= 15 is 0 Å². The van der Waals surface area contributed by atoms with E-state index in [1.54, 1.807) is 0 Å². The number of aromatic hydroxyl groups is 1. The Hall–Kier alpha value is -1.06. The fourth-order valence-corrected chi connectivity index (χ4v) is 4.65. The molecule has 21 heavy (non-hydrogen) atoms. The Bertz CT molecular complexity index is 528. The first-order valence-electron chi connectivity index (χ1n) is 8.32. The summed E-state index contributed by atoms with van der Waals surface area (Å²) >= 11 is 0. The number of phenolic OH excluding ortho intramolecular Hbond substituents is 1. The molecular weight excluding hydrogens is 260 g/mol. The number of likely N-dealkylation sites (tertiary alicyclic amines) is 1. The van der Waals surface area contributed by atoms with Gasteiger partial charge in [0.05, 0.1) is 0 Å². The highest BCUT2D eigenvalue weighted by atomic mass is 16.3. The van der Waals surface area contributed by atoms with Gasteiger partial charge >= 0.3 is 0 Å². The van der Waals surface area contributed by atoms with Crippen molar-refractivity contribution in [2.24, 2.45) is 11.7 Å². The number of hydrogen-bond acceptors (Lipinski definition) is 3. The van der Waals surface area contributed by atoms with Crippen LogP contribution in [-0.4, -0.2) is 29.1 Å². The van der Waals surface area contributed by atoms with Crippen molar-refractivity contribution in [3.63, 3.8) is 0 Å². The van der Waals surface area contributed by atoms with E-state index in [9.17, 15) is 5.11 Å². The summed E-state index contributed by atoms with van der Waals surface area (Å²) in [6.45, 7) is 8.59. The molecular formula is C18H28N2O. The molecule has 0 aromatic heterocycles. The average molecular weight is 288 g/mol. The topological polar surface area (TPSA) is 49.5 Å². The fourth-order valence-electron chi connectivity index (χ4n) is 4.65. The van der Waals surface area contributed by atoms with Crippen LogP contribution in [-0.2, 0) is 0 Å². The first kappa shape index (κ1) is 14.9. The summed E-state index contributed by atoms with van der Waals surface area (Å²) in [7, 11) is 0. The minimum Gasteiger partial charge on any atom is -0.508 e. The number of benzene rings is 1. The molecule has 1 aromatic carbocycles. The highest BCUT2D eigenvalue weighted by molar-refractivity contribution is 5.51. The number of phenols is 1. The van der Waals surface area contributed by atoms with Gasteiger partial charge in [-0.2, -0.15) is 0 Å². The lowest BCUT2D eigenvalue weighted by Gasteiger charge is -2.43. The van der Waals surface area contributed by atoms with Crippen molar-refractivity contribution in [1.29, 1.82) is 0 Å². The summed E-state index contributed by atoms with van der Waals surface area (Å²) in [4.78, 5) is 2.58. The van der Waals surface area contributed by atoms with Gasteiger partial charge in [0.2, 0.25) is 0 Å². The van der Waals surface area contributed by atoms with Crippen LogP contribution >= 0.6 is 0 Å². The van der Waals surface area contributed by atoms with Crippen molar-refractivity contribution < 1.29 is 5.11 Å². The minimum absolute atomic E-state index is 0.339. The molecule has 1 aromatic rings. The van der Waals surface area contributed by atoms with E-state index in [1.807, 2.05) is 12.1 Å². The van der Waals surface area contributed by atoms with E-state index in [0.717, 1.165) is 13.0 Å². The lowest BCUT2D eigenvalue weighted by atomic mass is 9.88. The molecule has 1 aliphatic carbocycles. The summed E-state index contributed by atoms with van der Waals surface area (Å²) in [5, 5.41) is 10.4. The molecule has 2 aliphatic rings. The van der Waals surface area contributed by atoms with Crippen molar-refractivity contribution in [3.05, 3.63) is 28.8 Å². The third-order valence-electron chi connectivity index (χ3n) is 5.69. The summed E-state index contributed by atoms with van der Waals surface area (Å²) in [5.74, 6) is 1.64. The molecule has 1 fully saturated rings. The smallest absolute Gasteiger partial charge is 0.120 e. The third-order valence-corrected chi connectivity index (χ3v) is 5.69. The number of fused-ring (bicyclic) bond motifs is 1. The quantitative estimate of drug-likeness (QED) is 0.878. The minimum atomic E-state index is 0.339. The molecule has 1 aliphatic heterocycles. The van der Waals surface area contributed by atoms with E-state index in [1.165, 1.54) is 29.5 Å². The lowest BCUT2D eigenvalue weighted by molar-refractivity contribution is 0.0594. The van der Waals surface area contributed by atoms with Crippen molar-refractivity contribution in [1.82, 2.24) is 4.90 Å². The maximum absolute atomic E-state index is 10.4. The van der Waals surface area contributed by atoms with Gasteiger partial charge in [0, 0.05) is 24.2 Å². The summed E-state index contributed by atoms with van der Waals surface area (Å²) in [6.07, 6.45) is 3.62. The third kappa shape index (κ3) is 2.36. The summed E-state index contributed by atoms with van der Waals surface area (Å²) < 4.78 is 0. The highest BCUT2D eigenvalue weighted by Crippen LogP contribution is 2.50. The zero-order valence-electron chi connectivity index (χ0n) is 13.5. The van der Waals surface area contributed by atoms with Gasteiger partial charge in [-0.1, -0.05) is 19.9 Å². The van der Waals surface area contributed by atoms with Crippen LogP contribution in [0, 0.1) is 12.8 Å². The number of piperidine rings is 1. The van der Waals surface area contributed by atoms with Crippen molar-refractivity contribution >= 4 is 0 Å². The number of nitrogens with two attached hydrogens (primary N) is 1. The van der Waals surface area contributed by atoms with E-state index in [4.69, 9.17) is 5.73 Å². The van der Waals surface area contributed by atoms with Crippen molar-refractivity contribution in [3.8, 4) is 5.75 Å². The van der Waals surface area contributed by atoms with Gasteiger partial charge in [0.1, 0.15) is 5.75 Å². The van der Waals surface area contributed by atoms with Gasteiger partial charge < -0.3 is 10.8 Å². The molecule has 1 heterocycles. The van der Waals surface area contributed by atoms with Crippen LogP contribution in [0.25, 0.3) is 0 Å². The van der Waals surface area contributed by atoms with Gasteiger partial charge in [-0.05, 0) is 61.8 Å². The molecule has 0 radical (unpaired) electrons. The van der Waals surface area contributed by atoms with Gasteiger partial charge in [-0.3, -0.25) is 4.90 Å². The molecule has 0 bridgehead atoms. The predicted molar refractivity (Wildman–Crippen MR) is 86.6 cm³/mol. The molecule has 4 atom stereocenters. The Morgan fingerprint density at radius 3 is 2.76 bits per heavy atom. The number of aryl methyl sites for hydroxylation is 1. The molecule has 3 nitrogen and oxygen atoms in total. The van der Waals surface area contributed by atoms with Crippen molar-refractivity contribution in [2.45, 2.75) is 58.0 Å². The molecule has 0 amide bonds. The van der Waals surface area contributed by atoms with Crippen LogP contribution in [0.4, 0.5) is 0 Å². The number of rotatable bonds is 2. The second-order valence-corrected chi connectivity index (χ2v) is 7.04. The zero-order valence-corrected chi connectivity index (χ0v) is 13.5. The Balaban J connectivity index is 2.01. The standard InChI is InChI=1S/C18H28N2O/c1-11-5-4-8-20(15(11)10-19)14-9-13(3)17-12(2)6-7-16(21)18(14)17/h6-7,11,13-15,21H,4-5,8-10,19H2,1-3H3. The molecule has 116 valence electrons. The van der Waals surface area contributed by atoms with Gasteiger partial charge in [0.25, 0.3) is 0 Å². The normalized spacial score (nSPS) is 33.1. The monoisotopic (exact) mass is 288 g/mol. The molecule has 1 saturated heterocycles. The van der Waals surface area contributed by atoms with Crippen LogP contribution in [0.3, 0.4) is 0 Å². The van der Waals surface area contributed by atoms with Gasteiger partial charge in [0.15, 0.2) is 0 Å². The van der Waals surface area contributed by atoms with Gasteiger partial charge in [-0.15, -0.1) is 0 Å². The second kappa shape index (κ2) is 5.62. The SMILES string of the molecule is Cc1ccc(O)c2c1C(C)CC2N1CCCC(C)C1CN. The van der Waals surface area contributed by atoms with Crippen LogP contribution in [0.15, 0.2) is 12.1 Å². The Labute approximate surface area is 128 Å². The number of hydrogen-bond donors (Lipinski definition) is 2. The maximum Gasteiger partial charge on any atom is 0.120 e. The second-order valence-electron chi connectivity index (χ2n) is 7.04. The number of nitrogens with zero attached hydrogens (tertiary/aromatic N) is 1. The highest BCUT2D eigenvalue weighted by Gasteiger charge is 2.40. The summed E-state index contributed by atoms with van der Waals surface area (Å²) in [5.41, 5.74) is 9.93. The van der Waals surface area contributed by atoms with Crippen LogP contribution in [0.5, 0.6) is 5.75 Å². The van der Waals surface area contributed by atoms with Crippen molar-refractivity contribution in [2.75, 3.05) is 13.1 Å². The Morgan fingerprint density at radius 1 is 1.29 bits per heavy atom. The van der Waals surface area contributed by atoms with Crippen LogP contribution < -0.4 is 5.73 Å². The predicted octanol–water partition coefficient (Wildman–Crippen LogP) is 3.31. The zero-order chi connectivity index (χ0) is 15.1. The van der Waals surface area contributed by atoms with Gasteiger partial charge in [-0.25, -0.2) is 0 Å². The van der Waals surface area contributed by atoms with E-state index in [0.29, 0.717) is 36.2 Å². The molecule has 3 N–H and O–H groups in total. The van der Waals surface area contributed by atoms with Crippen LogP contribution in [0.2, 0.25) is 0 Å². The van der Waals surface area contributed by atoms with E-state index in [2.05, 4.69) is 25.7 Å². The van der Waals surface area contributed by atoms with Crippen LogP contribution in [0.1, 0.15) is 61.8 Å². The molecule has 0 spiro atoms. The fraction of sp³-hybridized carbons (Fsp3) is 0.667. The molecule has 3 rings (SSSR count). The molecule has 3 heteroatoms. The van der Waals surface area contributed by atoms with E-state index in [-0.39, 0.29) is 0 Å². The molecule has 0 saturated carbocycles. The largest absolute Gasteiger partial charge is 0.508 e. The maximum atomic E-state index is 10.4. The summed E-state index contributed by atoms with van der Waals surface area (Å²) in [6, 6.07) is 4.70. The lowest BCUT2D eigenvalue weighted by Crippen LogP contribution is -2.49. The Kier molecular flexibility index (Phi) is 3.98. The average Bonchev–Trinajstić information content (AvgIpc) is 2.81. The first-order valence-corrected chi connectivity index (χ1v) is 8.32. The Morgan fingerprint density at radius 2 is 2.05 bits per heavy atom. The molecule has 4 unspecified atom stereocenters.